The topological polar surface area (TPSA) is 181 Å². The fourth-order valence-electron chi connectivity index (χ4n) is 8.76. The van der Waals surface area contributed by atoms with Crippen molar-refractivity contribution in [3.05, 3.63) is 243 Å². The lowest BCUT2D eigenvalue weighted by molar-refractivity contribution is 0.0672. The van der Waals surface area contributed by atoms with Gasteiger partial charge in [0.15, 0.2) is 0 Å². The van der Waals surface area contributed by atoms with Crippen molar-refractivity contribution in [2.45, 2.75) is 13.1 Å². The van der Waals surface area contributed by atoms with E-state index in [0.29, 0.717) is 25.9 Å². The SMILES string of the molecule is CO[Si]1(c2ccccc2)O[Si](C)(O)O[Si](OC)(c2ccccc2)O[Si]2(c3ccccc3)O[Si](O[Si](C)O)(c3ccccc3)O[Si](c3ccccc3)O[Si](c3ccccc3)O[Si](O)(c3ccccc3)O[Si](c3ccccc3)(O1)O2. The lowest BCUT2D eigenvalue weighted by Crippen LogP contribution is -2.84. The smallest absolute Gasteiger partial charge is 0.410 e. The van der Waals surface area contributed by atoms with Gasteiger partial charge < -0.3 is 68.5 Å². The van der Waals surface area contributed by atoms with Crippen molar-refractivity contribution in [2.75, 3.05) is 14.2 Å². The third-order valence-corrected chi connectivity index (χ3v) is 44.6. The van der Waals surface area contributed by atoms with Crippen LogP contribution < -0.4 is 41.5 Å². The predicted octanol–water partition coefficient (Wildman–Crippen LogP) is 2.02. The van der Waals surface area contributed by atoms with Gasteiger partial charge in [-0.3, -0.25) is 0 Å². The monoisotopic (exact) mass is 1220 g/mol. The van der Waals surface area contributed by atoms with Crippen LogP contribution in [0.4, 0.5) is 0 Å². The van der Waals surface area contributed by atoms with Crippen molar-refractivity contribution in [3.63, 3.8) is 0 Å². The first-order valence-corrected chi connectivity index (χ1v) is 41.8. The summed E-state index contributed by atoms with van der Waals surface area (Å²) in [6, 6.07) is 71.8. The van der Waals surface area contributed by atoms with Crippen LogP contribution in [0.1, 0.15) is 0 Å². The van der Waals surface area contributed by atoms with Gasteiger partial charge in [0.05, 0.1) is 0 Å². The van der Waals surface area contributed by atoms with E-state index in [1.807, 2.05) is 97.1 Å². The van der Waals surface area contributed by atoms with E-state index in [-0.39, 0.29) is 15.6 Å². The first kappa shape index (κ1) is 56.6. The molecule has 0 spiro atoms. The molecule has 3 radical (unpaired) electrons. The summed E-state index contributed by atoms with van der Waals surface area (Å²) in [5.41, 5.74) is 0. The lowest BCUT2D eigenvalue weighted by atomic mass is 10.4. The van der Waals surface area contributed by atoms with E-state index in [4.69, 9.17) is 54.1 Å². The first-order valence-electron chi connectivity index (χ1n) is 24.7. The molecule has 10 rings (SSSR count). The van der Waals surface area contributed by atoms with Crippen LogP contribution in [0, 0.1) is 0 Å². The molecule has 78 heavy (non-hydrogen) atoms. The van der Waals surface area contributed by atoms with Crippen LogP contribution in [0.5, 0.6) is 0 Å². The Labute approximate surface area is 466 Å². The Morgan fingerprint density at radius 3 is 1.05 bits per heavy atom. The van der Waals surface area contributed by atoms with E-state index in [1.165, 1.54) is 20.8 Å². The normalized spacial score (nSPS) is 28.7. The number of hydrogen-bond donors (Lipinski definition) is 3. The van der Waals surface area contributed by atoms with E-state index in [1.54, 1.807) is 152 Å². The molecule has 2 saturated heterocycles. The summed E-state index contributed by atoms with van der Waals surface area (Å²) < 4.78 is 96.7. The largest absolute Gasteiger partial charge is 0.522 e. The molecule has 7 unspecified atom stereocenters. The molecule has 2 bridgehead atoms. The molecular weight excluding hydrogens is 1160 g/mol. The maximum Gasteiger partial charge on any atom is 0.522 e. The molecule has 3 N–H and O–H groups in total. The number of benzene rings is 8. The van der Waals surface area contributed by atoms with E-state index in [9.17, 15) is 14.4 Å². The van der Waals surface area contributed by atoms with Crippen molar-refractivity contribution in [2.24, 2.45) is 0 Å². The van der Waals surface area contributed by atoms with Crippen molar-refractivity contribution in [3.8, 4) is 0 Å². The number of fused-ring (bicyclic) bond motifs is 2. The van der Waals surface area contributed by atoms with Crippen molar-refractivity contribution >= 4 is 131 Å². The van der Waals surface area contributed by atoms with Crippen LogP contribution in [0.3, 0.4) is 0 Å². The molecule has 8 aromatic carbocycles. The third-order valence-electron chi connectivity index (χ3n) is 12.3. The summed E-state index contributed by atoms with van der Waals surface area (Å²) in [7, 11) is -41.6. The third kappa shape index (κ3) is 12.1. The summed E-state index contributed by atoms with van der Waals surface area (Å²) in [6.45, 7) is 2.98. The van der Waals surface area contributed by atoms with Gasteiger partial charge in [-0.05, 0) is 16.9 Å². The molecule has 16 nitrogen and oxygen atoms in total. The second-order valence-electron chi connectivity index (χ2n) is 17.8. The molecule has 7 atom stereocenters. The van der Waals surface area contributed by atoms with Crippen LogP contribution >= 0.6 is 0 Å². The Morgan fingerprint density at radius 2 is 0.679 bits per heavy atom. The van der Waals surface area contributed by atoms with Gasteiger partial charge in [0.25, 0.3) is 0 Å². The molecular formula is C52H55O16Si10. The van der Waals surface area contributed by atoms with Gasteiger partial charge in [-0.1, -0.05) is 243 Å². The standard InChI is InChI=1S/C52H55O16Si10/c1-56-74(48-35-19-8-20-36-48)62-72(4,54)63-75(57-2,49-37-21-9-22-38-49)66-78(52-43-27-12-28-44-52)67-76(59-69(3)53,50-39-23-10-24-40-50)61-71(46-31-15-6-16-32-46)58-70(45-29-13-5-14-30-45)60-73(55,47-33-17-7-18-34-47)64-77(65-74,68-78)51-41-25-11-26-42-51/h5-44,53-55H,1-4H3. The Bertz CT molecular complexity index is 3180. The fraction of sp³-hybridized carbons (Fsp3) is 0.0769. The van der Waals surface area contributed by atoms with E-state index in [2.05, 4.69) is 0 Å². The quantitative estimate of drug-likeness (QED) is 0.151. The van der Waals surface area contributed by atoms with Gasteiger partial charge in [-0.15, -0.1) is 0 Å². The molecule has 2 aliphatic heterocycles. The second kappa shape index (κ2) is 24.2. The van der Waals surface area contributed by atoms with Crippen molar-refractivity contribution in [1.82, 2.24) is 0 Å². The van der Waals surface area contributed by atoms with Crippen LogP contribution in [-0.2, 0) is 54.1 Å². The Balaban J connectivity index is 1.41. The summed E-state index contributed by atoms with van der Waals surface area (Å²) in [5, 5.41) is 3.07. The van der Waals surface area contributed by atoms with Crippen molar-refractivity contribution < 1.29 is 68.5 Å². The number of hydrogen-bond acceptors (Lipinski definition) is 16. The number of rotatable bonds is 12. The second-order valence-corrected chi connectivity index (χ2v) is 42.9. The highest BCUT2D eigenvalue weighted by molar-refractivity contribution is 7.05. The Hall–Kier alpha value is -4.71. The van der Waals surface area contributed by atoms with Crippen LogP contribution in [0.2, 0.25) is 13.1 Å². The average Bonchev–Trinajstić information content (AvgIpc) is 3.62. The van der Waals surface area contributed by atoms with Gasteiger partial charge in [0.1, 0.15) is 0 Å². The molecule has 399 valence electrons. The highest BCUT2D eigenvalue weighted by atomic mass is 28.6. The highest BCUT2D eigenvalue weighted by Crippen LogP contribution is 2.36. The minimum Gasteiger partial charge on any atom is -0.410 e. The summed E-state index contributed by atoms with van der Waals surface area (Å²) in [4.78, 5) is 39.5. The maximum atomic E-state index is 14.3. The van der Waals surface area contributed by atoms with Crippen molar-refractivity contribution in [1.29, 1.82) is 0 Å². The molecule has 26 heteroatoms. The van der Waals surface area contributed by atoms with Crippen LogP contribution in [-0.4, -0.2) is 118 Å². The minimum atomic E-state index is -5.43. The maximum absolute atomic E-state index is 14.3. The molecule has 0 aliphatic carbocycles. The lowest BCUT2D eigenvalue weighted by Gasteiger charge is -2.51. The van der Waals surface area contributed by atoms with Gasteiger partial charge in [0.2, 0.25) is 0 Å². The molecule has 0 saturated carbocycles. The minimum absolute atomic E-state index is 0.245. The zero-order valence-electron chi connectivity index (χ0n) is 42.7. The van der Waals surface area contributed by atoms with E-state index >= 15 is 0 Å². The highest BCUT2D eigenvalue weighted by Gasteiger charge is 2.74. The molecule has 8 aromatic rings. The van der Waals surface area contributed by atoms with Gasteiger partial charge in [0, 0.05) is 51.9 Å². The zero-order chi connectivity index (χ0) is 54.3. The van der Waals surface area contributed by atoms with E-state index in [0.717, 1.165) is 0 Å². The van der Waals surface area contributed by atoms with Gasteiger partial charge in [-0.25, -0.2) is 0 Å². The van der Waals surface area contributed by atoms with Gasteiger partial charge >= 0.3 is 89.5 Å². The average molecular weight is 1220 g/mol. The fourth-order valence-corrected chi connectivity index (χ4v) is 47.5. The first-order chi connectivity index (χ1) is 37.8. The van der Waals surface area contributed by atoms with Crippen LogP contribution in [0.25, 0.3) is 0 Å². The van der Waals surface area contributed by atoms with Crippen LogP contribution in [0.15, 0.2) is 243 Å². The molecule has 2 fully saturated rings. The molecule has 2 heterocycles. The molecule has 2 aliphatic rings. The zero-order valence-corrected chi connectivity index (χ0v) is 52.7. The summed E-state index contributed by atoms with van der Waals surface area (Å²) >= 11 is 0. The summed E-state index contributed by atoms with van der Waals surface area (Å²) in [5.74, 6) is 0. The Morgan fingerprint density at radius 1 is 0.372 bits per heavy atom. The molecule has 0 aromatic heterocycles. The van der Waals surface area contributed by atoms with Gasteiger partial charge in [-0.2, -0.15) is 0 Å². The predicted molar refractivity (Wildman–Crippen MR) is 310 cm³/mol. The Kier molecular flexibility index (Phi) is 17.5. The molecule has 0 amide bonds. The summed E-state index contributed by atoms with van der Waals surface area (Å²) in [6.07, 6.45) is 0. The van der Waals surface area contributed by atoms with E-state index < -0.39 is 89.5 Å².